The maximum Gasteiger partial charge on any atom is 0.256 e. The number of likely N-dealkylation sites (tertiary alicyclic amines) is 1. The van der Waals surface area contributed by atoms with E-state index in [9.17, 15) is 4.79 Å². The molecule has 1 aliphatic heterocycles. The van der Waals surface area contributed by atoms with Crippen molar-refractivity contribution in [3.8, 4) is 0 Å². The number of benzene rings is 1. The second-order valence-electron chi connectivity index (χ2n) is 7.98. The van der Waals surface area contributed by atoms with Gasteiger partial charge in [-0.3, -0.25) is 9.69 Å². The van der Waals surface area contributed by atoms with E-state index in [1.807, 2.05) is 41.7 Å². The number of rotatable bonds is 5. The Labute approximate surface area is 181 Å². The van der Waals surface area contributed by atoms with Crippen LogP contribution >= 0.6 is 22.7 Å². The maximum atomic E-state index is 12.9. The minimum absolute atomic E-state index is 0.0368. The molecular formula is C24H28N2OS2. The number of piperidine rings is 1. The molecule has 1 atom stereocenters. The van der Waals surface area contributed by atoms with Gasteiger partial charge in [0.1, 0.15) is 5.00 Å². The zero-order valence-corrected chi connectivity index (χ0v) is 18.9. The summed E-state index contributed by atoms with van der Waals surface area (Å²) in [7, 11) is 0. The molecule has 0 aliphatic carbocycles. The van der Waals surface area contributed by atoms with Gasteiger partial charge in [0.15, 0.2) is 0 Å². The van der Waals surface area contributed by atoms with Gasteiger partial charge in [0.25, 0.3) is 5.91 Å². The van der Waals surface area contributed by atoms with Crippen molar-refractivity contribution in [2.24, 2.45) is 5.92 Å². The molecule has 0 spiro atoms. The Morgan fingerprint density at radius 3 is 2.48 bits per heavy atom. The van der Waals surface area contributed by atoms with Crippen LogP contribution in [0.1, 0.15) is 57.0 Å². The third-order valence-corrected chi connectivity index (χ3v) is 8.03. The lowest BCUT2D eigenvalue weighted by atomic mass is 9.94. The summed E-state index contributed by atoms with van der Waals surface area (Å²) in [4.78, 5) is 18.1. The Balaban J connectivity index is 1.72. The van der Waals surface area contributed by atoms with Gasteiger partial charge >= 0.3 is 0 Å². The molecule has 29 heavy (non-hydrogen) atoms. The predicted molar refractivity (Wildman–Crippen MR) is 124 cm³/mol. The molecule has 152 valence electrons. The summed E-state index contributed by atoms with van der Waals surface area (Å²) in [5.74, 6) is 0.753. The number of hydrogen-bond donors (Lipinski definition) is 1. The fourth-order valence-electron chi connectivity index (χ4n) is 4.07. The van der Waals surface area contributed by atoms with Crippen molar-refractivity contribution in [3.05, 3.63) is 74.3 Å². The number of anilines is 1. The molecule has 0 bridgehead atoms. The largest absolute Gasteiger partial charge is 0.313 e. The second-order valence-corrected chi connectivity index (χ2v) is 10.2. The van der Waals surface area contributed by atoms with Crippen LogP contribution in [0, 0.1) is 19.8 Å². The van der Waals surface area contributed by atoms with Crippen LogP contribution in [0.25, 0.3) is 0 Å². The quantitative estimate of drug-likeness (QED) is 0.507. The first kappa shape index (κ1) is 20.3. The van der Waals surface area contributed by atoms with Gasteiger partial charge in [0.2, 0.25) is 0 Å². The van der Waals surface area contributed by atoms with E-state index in [1.165, 1.54) is 33.7 Å². The van der Waals surface area contributed by atoms with E-state index in [1.54, 1.807) is 11.3 Å². The minimum Gasteiger partial charge on any atom is -0.313 e. The molecule has 5 heteroatoms. The van der Waals surface area contributed by atoms with Gasteiger partial charge < -0.3 is 5.32 Å². The number of nitrogens with one attached hydrogen (secondary N) is 1. The van der Waals surface area contributed by atoms with Crippen LogP contribution in [0.15, 0.2) is 47.8 Å². The summed E-state index contributed by atoms with van der Waals surface area (Å²) in [6.45, 7) is 8.91. The van der Waals surface area contributed by atoms with Gasteiger partial charge in [-0.2, -0.15) is 0 Å². The first-order chi connectivity index (χ1) is 14.0. The Morgan fingerprint density at radius 2 is 1.83 bits per heavy atom. The Kier molecular flexibility index (Phi) is 6.18. The molecule has 1 aliphatic rings. The summed E-state index contributed by atoms with van der Waals surface area (Å²) >= 11 is 3.51. The third-order valence-electron chi connectivity index (χ3n) is 5.96. The molecule has 3 nitrogen and oxygen atoms in total. The average molecular weight is 425 g/mol. The van der Waals surface area contributed by atoms with Crippen LogP contribution in [-0.4, -0.2) is 23.9 Å². The van der Waals surface area contributed by atoms with Crippen LogP contribution in [0.2, 0.25) is 0 Å². The zero-order chi connectivity index (χ0) is 20.4. The highest BCUT2D eigenvalue weighted by Crippen LogP contribution is 2.44. The van der Waals surface area contributed by atoms with Crippen molar-refractivity contribution in [1.82, 2.24) is 4.90 Å². The number of carbonyl (C=O) groups excluding carboxylic acids is 1. The molecule has 3 aromatic rings. The predicted octanol–water partition coefficient (Wildman–Crippen LogP) is 6.50. The van der Waals surface area contributed by atoms with Crippen molar-refractivity contribution in [3.63, 3.8) is 0 Å². The van der Waals surface area contributed by atoms with Gasteiger partial charge in [-0.15, -0.1) is 22.7 Å². The SMILES string of the molecule is Cc1sc(NC(=O)c2ccccc2)c([C@H](c2cccs2)N2CCC(C)CC2)c1C. The number of carbonyl (C=O) groups is 1. The standard InChI is InChI=1S/C24H28N2OS2/c1-16-11-13-26(14-12-16)22(20-10-7-15-28-20)21-17(2)18(3)29-24(21)25-23(27)19-8-5-4-6-9-19/h4-10,15-16,22H,11-14H2,1-3H3,(H,25,27)/t22-/m0/s1. The van der Waals surface area contributed by atoms with Gasteiger partial charge in [-0.05, 0) is 74.8 Å². The molecule has 0 saturated carbocycles. The molecule has 1 saturated heterocycles. The molecule has 0 radical (unpaired) electrons. The number of thiophene rings is 2. The smallest absolute Gasteiger partial charge is 0.256 e. The molecule has 1 aromatic carbocycles. The summed E-state index contributed by atoms with van der Waals surface area (Å²) in [6.07, 6.45) is 2.46. The van der Waals surface area contributed by atoms with Crippen molar-refractivity contribution >= 4 is 33.6 Å². The van der Waals surface area contributed by atoms with Gasteiger partial charge in [0, 0.05) is 20.9 Å². The summed E-state index contributed by atoms with van der Waals surface area (Å²) < 4.78 is 0. The molecule has 0 unspecified atom stereocenters. The number of aryl methyl sites for hydroxylation is 1. The van der Waals surface area contributed by atoms with E-state index in [4.69, 9.17) is 0 Å². The summed E-state index contributed by atoms with van der Waals surface area (Å²) in [6, 6.07) is 14.1. The lowest BCUT2D eigenvalue weighted by Crippen LogP contribution is -2.36. The van der Waals surface area contributed by atoms with Gasteiger partial charge in [-0.1, -0.05) is 31.2 Å². The van der Waals surface area contributed by atoms with E-state index in [0.29, 0.717) is 5.56 Å². The zero-order valence-electron chi connectivity index (χ0n) is 17.3. The van der Waals surface area contributed by atoms with Crippen LogP contribution < -0.4 is 5.32 Å². The van der Waals surface area contributed by atoms with E-state index in [0.717, 1.165) is 24.0 Å². The highest BCUT2D eigenvalue weighted by Gasteiger charge is 2.31. The number of hydrogen-bond acceptors (Lipinski definition) is 4. The monoisotopic (exact) mass is 424 g/mol. The van der Waals surface area contributed by atoms with Crippen molar-refractivity contribution in [1.29, 1.82) is 0 Å². The Hall–Kier alpha value is -1.95. The van der Waals surface area contributed by atoms with E-state index >= 15 is 0 Å². The van der Waals surface area contributed by atoms with E-state index in [2.05, 4.69) is 48.5 Å². The van der Waals surface area contributed by atoms with Gasteiger partial charge in [0.05, 0.1) is 6.04 Å². The molecule has 1 fully saturated rings. The van der Waals surface area contributed by atoms with Crippen LogP contribution in [0.5, 0.6) is 0 Å². The molecule has 2 aromatic heterocycles. The maximum absolute atomic E-state index is 12.9. The van der Waals surface area contributed by atoms with Crippen LogP contribution in [0.3, 0.4) is 0 Å². The average Bonchev–Trinajstić information content (AvgIpc) is 3.35. The normalized spacial score (nSPS) is 16.7. The van der Waals surface area contributed by atoms with Crippen molar-refractivity contribution in [2.75, 3.05) is 18.4 Å². The number of nitrogens with zero attached hydrogens (tertiary/aromatic N) is 1. The van der Waals surface area contributed by atoms with Crippen molar-refractivity contribution < 1.29 is 4.79 Å². The molecule has 1 amide bonds. The summed E-state index contributed by atoms with van der Waals surface area (Å²) in [5.41, 5.74) is 3.27. The van der Waals surface area contributed by atoms with Crippen LogP contribution in [-0.2, 0) is 0 Å². The first-order valence-electron chi connectivity index (χ1n) is 10.3. The fourth-order valence-corrected chi connectivity index (χ4v) is 6.02. The van der Waals surface area contributed by atoms with E-state index < -0.39 is 0 Å². The minimum atomic E-state index is -0.0368. The number of amides is 1. The Bertz CT molecular complexity index is 954. The lowest BCUT2D eigenvalue weighted by molar-refractivity contribution is 0.102. The van der Waals surface area contributed by atoms with E-state index in [-0.39, 0.29) is 11.9 Å². The van der Waals surface area contributed by atoms with Crippen LogP contribution in [0.4, 0.5) is 5.00 Å². The summed E-state index contributed by atoms with van der Waals surface area (Å²) in [5, 5.41) is 6.39. The van der Waals surface area contributed by atoms with Gasteiger partial charge in [-0.25, -0.2) is 0 Å². The second kappa shape index (κ2) is 8.82. The molecule has 4 rings (SSSR count). The van der Waals surface area contributed by atoms with Crippen molar-refractivity contribution in [2.45, 2.75) is 39.7 Å². The highest BCUT2D eigenvalue weighted by molar-refractivity contribution is 7.16. The first-order valence-corrected chi connectivity index (χ1v) is 12.0. The molecule has 1 N–H and O–H groups in total. The third kappa shape index (κ3) is 4.32. The molecular weight excluding hydrogens is 396 g/mol. The Morgan fingerprint density at radius 1 is 1.10 bits per heavy atom. The lowest BCUT2D eigenvalue weighted by Gasteiger charge is -2.37. The fraction of sp³-hybridized carbons (Fsp3) is 0.375. The molecule has 3 heterocycles. The topological polar surface area (TPSA) is 32.3 Å². The highest BCUT2D eigenvalue weighted by atomic mass is 32.1.